The van der Waals surface area contributed by atoms with Crippen molar-refractivity contribution in [3.63, 3.8) is 0 Å². The predicted molar refractivity (Wildman–Crippen MR) is 126 cm³/mol. The smallest absolute Gasteiger partial charge is 0.253 e. The molecule has 0 saturated carbocycles. The minimum absolute atomic E-state index is 0.0225. The van der Waals surface area contributed by atoms with E-state index in [0.29, 0.717) is 18.7 Å². The SMILES string of the molecule is CCNC(=NCCc1cccc(C(=O)N(C)C)c1)N1CCOC(c2ccccc2C)C1. The first-order chi connectivity index (χ1) is 15.0. The van der Waals surface area contributed by atoms with E-state index in [0.717, 1.165) is 37.6 Å². The third-order valence-corrected chi connectivity index (χ3v) is 5.48. The lowest BCUT2D eigenvalue weighted by Gasteiger charge is -2.35. The van der Waals surface area contributed by atoms with Crippen molar-refractivity contribution in [3.8, 4) is 0 Å². The lowest BCUT2D eigenvalue weighted by atomic mass is 10.0. The number of amides is 1. The van der Waals surface area contributed by atoms with Gasteiger partial charge in [0.05, 0.1) is 13.2 Å². The van der Waals surface area contributed by atoms with Crippen molar-refractivity contribution in [2.45, 2.75) is 26.4 Å². The normalized spacial score (nSPS) is 16.8. The zero-order valence-corrected chi connectivity index (χ0v) is 19.1. The molecule has 1 amide bonds. The van der Waals surface area contributed by atoms with Crippen molar-refractivity contribution in [3.05, 3.63) is 70.8 Å². The van der Waals surface area contributed by atoms with E-state index in [1.807, 2.05) is 18.2 Å². The maximum Gasteiger partial charge on any atom is 0.253 e. The molecule has 1 saturated heterocycles. The van der Waals surface area contributed by atoms with Gasteiger partial charge in [-0.1, -0.05) is 36.4 Å². The van der Waals surface area contributed by atoms with Gasteiger partial charge in [-0.25, -0.2) is 0 Å². The van der Waals surface area contributed by atoms with Gasteiger partial charge < -0.3 is 19.9 Å². The molecule has 31 heavy (non-hydrogen) atoms. The molecule has 0 bridgehead atoms. The largest absolute Gasteiger partial charge is 0.370 e. The van der Waals surface area contributed by atoms with Crippen LogP contribution < -0.4 is 5.32 Å². The topological polar surface area (TPSA) is 57.2 Å². The van der Waals surface area contributed by atoms with E-state index in [1.54, 1.807) is 19.0 Å². The molecule has 1 heterocycles. The summed E-state index contributed by atoms with van der Waals surface area (Å²) in [5.41, 5.74) is 4.33. The average molecular weight is 423 g/mol. The highest BCUT2D eigenvalue weighted by molar-refractivity contribution is 5.94. The first-order valence-electron chi connectivity index (χ1n) is 11.0. The van der Waals surface area contributed by atoms with E-state index in [-0.39, 0.29) is 12.0 Å². The Morgan fingerprint density at radius 1 is 1.23 bits per heavy atom. The summed E-state index contributed by atoms with van der Waals surface area (Å²) in [5.74, 6) is 0.944. The molecule has 1 N–H and O–H groups in total. The van der Waals surface area contributed by atoms with Crippen molar-refractivity contribution in [2.24, 2.45) is 4.99 Å². The summed E-state index contributed by atoms with van der Waals surface area (Å²) >= 11 is 0. The summed E-state index contributed by atoms with van der Waals surface area (Å²) < 4.78 is 6.07. The molecule has 2 aromatic rings. The number of rotatable bonds is 6. The van der Waals surface area contributed by atoms with E-state index in [1.165, 1.54) is 11.1 Å². The molecule has 1 atom stereocenters. The number of guanidine groups is 1. The van der Waals surface area contributed by atoms with Crippen molar-refractivity contribution in [1.82, 2.24) is 15.1 Å². The summed E-state index contributed by atoms with van der Waals surface area (Å²) in [6.07, 6.45) is 0.835. The number of nitrogens with zero attached hydrogens (tertiary/aromatic N) is 3. The van der Waals surface area contributed by atoms with Gasteiger partial charge in [-0.05, 0) is 49.1 Å². The molecule has 2 aromatic carbocycles. The number of benzene rings is 2. The predicted octanol–water partition coefficient (Wildman–Crippen LogP) is 3.28. The lowest BCUT2D eigenvalue weighted by Crippen LogP contribution is -2.48. The Kier molecular flexibility index (Phi) is 8.06. The van der Waals surface area contributed by atoms with Gasteiger partial charge in [0.1, 0.15) is 6.10 Å². The number of ether oxygens (including phenoxy) is 1. The van der Waals surface area contributed by atoms with E-state index < -0.39 is 0 Å². The first kappa shape index (κ1) is 22.8. The van der Waals surface area contributed by atoms with Gasteiger partial charge in [0, 0.05) is 39.3 Å². The number of aliphatic imine (C=N–C) groups is 1. The molecular weight excluding hydrogens is 388 g/mol. The molecule has 0 aromatic heterocycles. The Morgan fingerprint density at radius 2 is 2.03 bits per heavy atom. The van der Waals surface area contributed by atoms with Crippen LogP contribution in [0.25, 0.3) is 0 Å². The monoisotopic (exact) mass is 422 g/mol. The van der Waals surface area contributed by atoms with Gasteiger partial charge >= 0.3 is 0 Å². The third-order valence-electron chi connectivity index (χ3n) is 5.48. The molecule has 0 aliphatic carbocycles. The van der Waals surface area contributed by atoms with Gasteiger partial charge in [-0.3, -0.25) is 9.79 Å². The molecule has 166 valence electrons. The zero-order chi connectivity index (χ0) is 22.2. The van der Waals surface area contributed by atoms with E-state index >= 15 is 0 Å². The minimum Gasteiger partial charge on any atom is -0.370 e. The summed E-state index contributed by atoms with van der Waals surface area (Å²) in [4.78, 5) is 21.0. The van der Waals surface area contributed by atoms with Gasteiger partial charge in [-0.2, -0.15) is 0 Å². The molecule has 6 nitrogen and oxygen atoms in total. The standard InChI is InChI=1S/C25H34N4O2/c1-5-26-25(27-14-13-20-10-8-11-21(17-20)24(30)28(3)4)29-15-16-31-23(18-29)22-12-7-6-9-19(22)2/h6-12,17,23H,5,13-16,18H2,1-4H3,(H,26,27). The van der Waals surface area contributed by atoms with Crippen LogP contribution in [0.3, 0.4) is 0 Å². The van der Waals surface area contributed by atoms with Crippen molar-refractivity contribution < 1.29 is 9.53 Å². The zero-order valence-electron chi connectivity index (χ0n) is 19.1. The highest BCUT2D eigenvalue weighted by atomic mass is 16.5. The van der Waals surface area contributed by atoms with Crippen LogP contribution in [-0.4, -0.2) is 68.5 Å². The maximum atomic E-state index is 12.2. The van der Waals surface area contributed by atoms with Crippen LogP contribution >= 0.6 is 0 Å². The van der Waals surface area contributed by atoms with E-state index in [2.05, 4.69) is 54.4 Å². The van der Waals surface area contributed by atoms with Gasteiger partial charge in [0.25, 0.3) is 5.91 Å². The Bertz CT molecular complexity index is 910. The number of carbonyl (C=O) groups excluding carboxylic acids is 1. The molecule has 1 aliphatic heterocycles. The molecule has 0 spiro atoms. The Morgan fingerprint density at radius 3 is 2.77 bits per heavy atom. The molecule has 3 rings (SSSR count). The van der Waals surface area contributed by atoms with Crippen LogP contribution in [0.5, 0.6) is 0 Å². The Balaban J connectivity index is 1.67. The molecule has 0 radical (unpaired) electrons. The van der Waals surface area contributed by atoms with Crippen LogP contribution in [0.15, 0.2) is 53.5 Å². The summed E-state index contributed by atoms with van der Waals surface area (Å²) in [5, 5.41) is 3.43. The maximum absolute atomic E-state index is 12.2. The van der Waals surface area contributed by atoms with Crippen molar-refractivity contribution in [1.29, 1.82) is 0 Å². The van der Waals surface area contributed by atoms with Crippen LogP contribution in [0.1, 0.15) is 40.1 Å². The highest BCUT2D eigenvalue weighted by Gasteiger charge is 2.25. The Labute approximate surface area is 185 Å². The van der Waals surface area contributed by atoms with E-state index in [9.17, 15) is 4.79 Å². The minimum atomic E-state index is 0.0225. The van der Waals surface area contributed by atoms with Crippen LogP contribution in [-0.2, 0) is 11.2 Å². The first-order valence-corrected chi connectivity index (χ1v) is 11.0. The number of morpholine rings is 1. The molecule has 6 heteroatoms. The van der Waals surface area contributed by atoms with E-state index in [4.69, 9.17) is 9.73 Å². The molecule has 1 aliphatic rings. The van der Waals surface area contributed by atoms with Crippen LogP contribution in [0.2, 0.25) is 0 Å². The number of nitrogens with one attached hydrogen (secondary N) is 1. The van der Waals surface area contributed by atoms with Crippen molar-refractivity contribution >= 4 is 11.9 Å². The lowest BCUT2D eigenvalue weighted by molar-refractivity contribution is -0.00832. The summed E-state index contributed by atoms with van der Waals surface area (Å²) in [7, 11) is 3.54. The summed E-state index contributed by atoms with van der Waals surface area (Å²) in [6, 6.07) is 16.2. The fourth-order valence-electron chi connectivity index (χ4n) is 3.81. The third kappa shape index (κ3) is 6.07. The average Bonchev–Trinajstić information content (AvgIpc) is 2.78. The second-order valence-corrected chi connectivity index (χ2v) is 8.05. The number of carbonyl (C=O) groups is 1. The van der Waals surface area contributed by atoms with Crippen LogP contribution in [0.4, 0.5) is 0 Å². The number of aryl methyl sites for hydroxylation is 1. The summed E-state index contributed by atoms with van der Waals surface area (Å²) in [6.45, 7) is 7.98. The fraction of sp³-hybridized carbons (Fsp3) is 0.440. The van der Waals surface area contributed by atoms with Gasteiger partial charge in [0.15, 0.2) is 5.96 Å². The quantitative estimate of drug-likeness (QED) is 0.573. The second-order valence-electron chi connectivity index (χ2n) is 8.05. The molecule has 1 unspecified atom stereocenters. The fourth-order valence-corrected chi connectivity index (χ4v) is 3.81. The van der Waals surface area contributed by atoms with Gasteiger partial charge in [-0.15, -0.1) is 0 Å². The number of hydrogen-bond acceptors (Lipinski definition) is 3. The second kappa shape index (κ2) is 11.0. The number of hydrogen-bond donors (Lipinski definition) is 1. The molecular formula is C25H34N4O2. The molecule has 1 fully saturated rings. The van der Waals surface area contributed by atoms with Gasteiger partial charge in [0.2, 0.25) is 0 Å². The van der Waals surface area contributed by atoms with Crippen LogP contribution in [0, 0.1) is 6.92 Å². The Hall–Kier alpha value is -2.86. The van der Waals surface area contributed by atoms with Crippen molar-refractivity contribution in [2.75, 3.05) is 46.9 Å². The highest BCUT2D eigenvalue weighted by Crippen LogP contribution is 2.25.